The van der Waals surface area contributed by atoms with E-state index in [1.807, 2.05) is 0 Å². The first-order valence-electron chi connectivity index (χ1n) is 6.58. The highest BCUT2D eigenvalue weighted by Gasteiger charge is 2.22. The number of nitrogens with one attached hydrogen (secondary N) is 1. The Balaban J connectivity index is 2.01. The first-order valence-corrected chi connectivity index (χ1v) is 7.33. The lowest BCUT2D eigenvalue weighted by Crippen LogP contribution is -2.39. The minimum absolute atomic E-state index is 0.244. The van der Waals surface area contributed by atoms with Gasteiger partial charge in [0.15, 0.2) is 6.10 Å². The van der Waals surface area contributed by atoms with Crippen molar-refractivity contribution in [2.24, 2.45) is 0 Å². The molecular weight excluding hydrogens is 329 g/mol. The molecule has 2 atom stereocenters. The fraction of sp³-hybridized carbons (Fsp3) is 0.267. The van der Waals surface area contributed by atoms with Gasteiger partial charge in [0.05, 0.1) is 17.9 Å². The molecule has 0 spiro atoms. The third-order valence-electron chi connectivity index (χ3n) is 2.97. The van der Waals surface area contributed by atoms with E-state index < -0.39 is 18.1 Å². The minimum Gasteiger partial charge on any atom is -0.479 e. The number of carbonyl (C=O) groups excluding carboxylic acids is 1. The van der Waals surface area contributed by atoms with Crippen LogP contribution in [0.1, 0.15) is 18.7 Å². The van der Waals surface area contributed by atoms with E-state index in [-0.39, 0.29) is 11.6 Å². The van der Waals surface area contributed by atoms with Crippen LogP contribution in [0.4, 0.5) is 0 Å². The summed E-state index contributed by atoms with van der Waals surface area (Å²) in [5, 5.41) is 12.6. The molecule has 0 fully saturated rings. The van der Waals surface area contributed by atoms with Crippen molar-refractivity contribution in [1.29, 1.82) is 0 Å². The van der Waals surface area contributed by atoms with Crippen LogP contribution in [0.5, 0.6) is 5.75 Å². The molecule has 1 aromatic heterocycles. The normalized spacial score (nSPS) is 13.5. The van der Waals surface area contributed by atoms with Crippen LogP contribution in [0, 0.1) is 0 Å². The molecule has 0 radical (unpaired) electrons. The number of carbonyl (C=O) groups is 1. The van der Waals surface area contributed by atoms with Gasteiger partial charge in [-0.1, -0.05) is 29.3 Å². The van der Waals surface area contributed by atoms with Gasteiger partial charge in [0.2, 0.25) is 0 Å². The molecule has 1 aromatic carbocycles. The van der Waals surface area contributed by atoms with Crippen LogP contribution in [0.2, 0.25) is 10.0 Å². The predicted molar refractivity (Wildman–Crippen MR) is 83.2 cm³/mol. The van der Waals surface area contributed by atoms with E-state index in [0.29, 0.717) is 16.5 Å². The average Bonchev–Trinajstić information content (AvgIpc) is 3.03. The van der Waals surface area contributed by atoms with Crippen molar-refractivity contribution in [2.45, 2.75) is 19.1 Å². The van der Waals surface area contributed by atoms with Crippen molar-refractivity contribution < 1.29 is 19.1 Å². The Morgan fingerprint density at radius 3 is 2.77 bits per heavy atom. The third-order valence-corrected chi connectivity index (χ3v) is 3.78. The second kappa shape index (κ2) is 7.54. The number of hydrogen-bond acceptors (Lipinski definition) is 4. The summed E-state index contributed by atoms with van der Waals surface area (Å²) in [7, 11) is 0. The summed E-state index contributed by atoms with van der Waals surface area (Å²) in [6, 6.07) is 7.63. The minimum atomic E-state index is -0.819. The molecule has 0 bridgehead atoms. The van der Waals surface area contributed by atoms with E-state index in [9.17, 15) is 9.90 Å². The molecule has 5 nitrogen and oxygen atoms in total. The summed E-state index contributed by atoms with van der Waals surface area (Å²) in [4.78, 5) is 12.1. The second-order valence-corrected chi connectivity index (χ2v) is 5.36. The van der Waals surface area contributed by atoms with Gasteiger partial charge in [0, 0.05) is 0 Å². The molecule has 1 heterocycles. The van der Waals surface area contributed by atoms with Crippen molar-refractivity contribution in [3.63, 3.8) is 0 Å². The van der Waals surface area contributed by atoms with Crippen molar-refractivity contribution in [3.05, 3.63) is 52.4 Å². The average molecular weight is 344 g/mol. The molecule has 0 aliphatic rings. The SMILES string of the molecule is CC(Oc1cccc(Cl)c1Cl)C(=O)NC(CO)c1ccco1. The van der Waals surface area contributed by atoms with E-state index in [1.54, 1.807) is 37.3 Å². The lowest BCUT2D eigenvalue weighted by molar-refractivity contribution is -0.128. The molecule has 2 aromatic rings. The van der Waals surface area contributed by atoms with E-state index in [0.717, 1.165) is 0 Å². The van der Waals surface area contributed by atoms with Gasteiger partial charge in [-0.3, -0.25) is 4.79 Å². The van der Waals surface area contributed by atoms with Crippen LogP contribution in [0.15, 0.2) is 41.0 Å². The number of ether oxygens (including phenoxy) is 1. The van der Waals surface area contributed by atoms with Crippen LogP contribution >= 0.6 is 23.2 Å². The maximum atomic E-state index is 12.1. The summed E-state index contributed by atoms with van der Waals surface area (Å²) in [5.74, 6) is 0.366. The number of rotatable bonds is 6. The highest BCUT2D eigenvalue weighted by molar-refractivity contribution is 6.42. The predicted octanol–water partition coefficient (Wildman–Crippen LogP) is 3.20. The molecule has 2 N–H and O–H groups in total. The van der Waals surface area contributed by atoms with Crippen LogP contribution in [-0.2, 0) is 4.79 Å². The van der Waals surface area contributed by atoms with Gasteiger partial charge < -0.3 is 19.6 Å². The number of amides is 1. The first kappa shape index (κ1) is 16.7. The Kier molecular flexibility index (Phi) is 5.71. The highest BCUT2D eigenvalue weighted by Crippen LogP contribution is 2.32. The Labute approximate surface area is 137 Å². The Morgan fingerprint density at radius 2 is 2.14 bits per heavy atom. The monoisotopic (exact) mass is 343 g/mol. The van der Waals surface area contributed by atoms with Crippen LogP contribution < -0.4 is 10.1 Å². The van der Waals surface area contributed by atoms with Crippen molar-refractivity contribution in [1.82, 2.24) is 5.32 Å². The van der Waals surface area contributed by atoms with Gasteiger partial charge in [0.25, 0.3) is 5.91 Å². The van der Waals surface area contributed by atoms with Crippen LogP contribution in [0.25, 0.3) is 0 Å². The van der Waals surface area contributed by atoms with E-state index in [2.05, 4.69) is 5.32 Å². The zero-order valence-corrected chi connectivity index (χ0v) is 13.3. The summed E-state index contributed by atoms with van der Waals surface area (Å²) in [6.07, 6.45) is 0.649. The quantitative estimate of drug-likeness (QED) is 0.844. The molecular formula is C15H15Cl2NO4. The number of hydrogen-bond donors (Lipinski definition) is 2. The van der Waals surface area contributed by atoms with E-state index >= 15 is 0 Å². The number of halogens is 2. The summed E-state index contributed by atoms with van der Waals surface area (Å²) in [6.45, 7) is 1.28. The number of aliphatic hydroxyl groups is 1. The molecule has 0 aliphatic heterocycles. The van der Waals surface area contributed by atoms with Crippen molar-refractivity contribution in [2.75, 3.05) is 6.61 Å². The second-order valence-electron chi connectivity index (χ2n) is 4.57. The van der Waals surface area contributed by atoms with Gasteiger partial charge >= 0.3 is 0 Å². The maximum Gasteiger partial charge on any atom is 0.261 e. The maximum absolute atomic E-state index is 12.1. The van der Waals surface area contributed by atoms with Gasteiger partial charge in [-0.2, -0.15) is 0 Å². The zero-order chi connectivity index (χ0) is 16.1. The molecule has 118 valence electrons. The summed E-state index contributed by atoms with van der Waals surface area (Å²) in [5.41, 5.74) is 0. The fourth-order valence-corrected chi connectivity index (χ4v) is 2.14. The van der Waals surface area contributed by atoms with Crippen molar-refractivity contribution in [3.8, 4) is 5.75 Å². The molecule has 0 aliphatic carbocycles. The molecule has 1 amide bonds. The van der Waals surface area contributed by atoms with Gasteiger partial charge in [0.1, 0.15) is 22.6 Å². The Bertz CT molecular complexity index is 630. The van der Waals surface area contributed by atoms with E-state index in [1.165, 1.54) is 6.26 Å². The van der Waals surface area contributed by atoms with Crippen LogP contribution in [-0.4, -0.2) is 23.7 Å². The van der Waals surface area contributed by atoms with Gasteiger partial charge in [-0.25, -0.2) is 0 Å². The van der Waals surface area contributed by atoms with Crippen LogP contribution in [0.3, 0.4) is 0 Å². The molecule has 2 rings (SSSR count). The van der Waals surface area contributed by atoms with Gasteiger partial charge in [-0.05, 0) is 31.2 Å². The summed E-state index contributed by atoms with van der Waals surface area (Å²) >= 11 is 11.9. The summed E-state index contributed by atoms with van der Waals surface area (Å²) < 4.78 is 10.7. The smallest absolute Gasteiger partial charge is 0.261 e. The fourth-order valence-electron chi connectivity index (χ4n) is 1.80. The molecule has 0 saturated heterocycles. The first-order chi connectivity index (χ1) is 10.5. The van der Waals surface area contributed by atoms with Gasteiger partial charge in [-0.15, -0.1) is 0 Å². The number of aliphatic hydroxyl groups excluding tert-OH is 1. The Morgan fingerprint density at radius 1 is 1.36 bits per heavy atom. The molecule has 2 unspecified atom stereocenters. The standard InChI is InChI=1S/C15H15Cl2NO4/c1-9(22-13-5-2-4-10(16)14(13)17)15(20)18-11(8-19)12-6-3-7-21-12/h2-7,9,11,19H,8H2,1H3,(H,18,20). The van der Waals surface area contributed by atoms with Crippen molar-refractivity contribution >= 4 is 29.1 Å². The topological polar surface area (TPSA) is 71.7 Å². The number of furan rings is 1. The molecule has 22 heavy (non-hydrogen) atoms. The molecule has 0 saturated carbocycles. The molecule has 7 heteroatoms. The third kappa shape index (κ3) is 3.94. The lowest BCUT2D eigenvalue weighted by Gasteiger charge is -2.19. The lowest BCUT2D eigenvalue weighted by atomic mass is 10.2. The Hall–Kier alpha value is -1.69. The highest BCUT2D eigenvalue weighted by atomic mass is 35.5. The zero-order valence-electron chi connectivity index (χ0n) is 11.8. The largest absolute Gasteiger partial charge is 0.479 e. The number of benzene rings is 1. The van der Waals surface area contributed by atoms with E-state index in [4.69, 9.17) is 32.4 Å².